The zero-order valence-electron chi connectivity index (χ0n) is 12.1. The van der Waals surface area contributed by atoms with Gasteiger partial charge in [-0.15, -0.1) is 0 Å². The maximum Gasteiger partial charge on any atom is 0.0719 e. The molecule has 0 fully saturated rings. The minimum Gasteiger partial charge on any atom is -0.377 e. The van der Waals surface area contributed by atoms with Crippen LogP contribution in [0.5, 0.6) is 0 Å². The summed E-state index contributed by atoms with van der Waals surface area (Å²) in [5.41, 5.74) is 10.7. The second-order valence-electron chi connectivity index (χ2n) is 5.11. The van der Waals surface area contributed by atoms with Crippen molar-refractivity contribution in [3.8, 4) is 0 Å². The third-order valence-corrected chi connectivity index (χ3v) is 3.50. The first kappa shape index (κ1) is 14.8. The van der Waals surface area contributed by atoms with Crippen LogP contribution in [0.4, 0.5) is 0 Å². The molecule has 0 saturated heterocycles. The van der Waals surface area contributed by atoms with Gasteiger partial charge in [0.05, 0.1) is 6.61 Å². The Morgan fingerprint density at radius 1 is 1.00 bits per heavy atom. The van der Waals surface area contributed by atoms with Crippen molar-refractivity contribution in [2.24, 2.45) is 5.73 Å². The van der Waals surface area contributed by atoms with Crippen LogP contribution >= 0.6 is 0 Å². The van der Waals surface area contributed by atoms with Crippen LogP contribution in [0.1, 0.15) is 28.7 Å². The Kier molecular flexibility index (Phi) is 5.78. The number of rotatable bonds is 7. The fraction of sp³-hybridized carbons (Fsp3) is 0.333. The Morgan fingerprint density at radius 3 is 2.50 bits per heavy atom. The average molecular weight is 269 g/mol. The van der Waals surface area contributed by atoms with Crippen molar-refractivity contribution in [1.82, 2.24) is 0 Å². The number of benzene rings is 2. The van der Waals surface area contributed by atoms with E-state index in [-0.39, 0.29) is 0 Å². The first-order valence-corrected chi connectivity index (χ1v) is 7.19. The van der Waals surface area contributed by atoms with Crippen molar-refractivity contribution < 1.29 is 4.74 Å². The molecule has 2 aromatic carbocycles. The first-order chi connectivity index (χ1) is 9.79. The van der Waals surface area contributed by atoms with E-state index in [1.165, 1.54) is 22.3 Å². The van der Waals surface area contributed by atoms with Gasteiger partial charge in [-0.25, -0.2) is 0 Å². The summed E-state index contributed by atoms with van der Waals surface area (Å²) < 4.78 is 5.76. The van der Waals surface area contributed by atoms with Crippen LogP contribution < -0.4 is 5.73 Å². The van der Waals surface area contributed by atoms with E-state index in [2.05, 4.69) is 49.4 Å². The van der Waals surface area contributed by atoms with Crippen LogP contribution in [-0.4, -0.2) is 6.61 Å². The fourth-order valence-electron chi connectivity index (χ4n) is 2.25. The Hall–Kier alpha value is -1.64. The van der Waals surface area contributed by atoms with Gasteiger partial charge in [0.1, 0.15) is 0 Å². The number of nitrogens with two attached hydrogens (primary N) is 1. The van der Waals surface area contributed by atoms with Gasteiger partial charge in [0.2, 0.25) is 0 Å². The molecule has 0 aliphatic rings. The summed E-state index contributed by atoms with van der Waals surface area (Å²) in [5, 5.41) is 0. The summed E-state index contributed by atoms with van der Waals surface area (Å²) in [5.74, 6) is 0. The molecule has 20 heavy (non-hydrogen) atoms. The maximum atomic E-state index is 5.76. The molecule has 2 N–H and O–H groups in total. The largest absolute Gasteiger partial charge is 0.377 e. The van der Waals surface area contributed by atoms with Crippen LogP contribution in [0, 0.1) is 6.92 Å². The Bertz CT molecular complexity index is 522. The summed E-state index contributed by atoms with van der Waals surface area (Å²) in [6.07, 6.45) is 2.13. The van der Waals surface area contributed by atoms with E-state index in [1.54, 1.807) is 0 Å². The molecule has 2 nitrogen and oxygen atoms in total. The normalized spacial score (nSPS) is 10.7. The van der Waals surface area contributed by atoms with Crippen LogP contribution in [0.3, 0.4) is 0 Å². The highest BCUT2D eigenvalue weighted by Gasteiger charge is 2.00. The fourth-order valence-corrected chi connectivity index (χ4v) is 2.25. The van der Waals surface area contributed by atoms with E-state index in [0.717, 1.165) is 19.4 Å². The standard InChI is InChI=1S/C18H23NO/c1-15-12-17(13-19)9-10-18(15)14-20-11-5-8-16-6-3-2-4-7-16/h2-4,6-7,9-10,12H,5,8,11,13-14,19H2,1H3. The SMILES string of the molecule is Cc1cc(CN)ccc1COCCCc1ccccc1. The van der Waals surface area contributed by atoms with Crippen molar-refractivity contribution in [2.45, 2.75) is 32.9 Å². The number of hydrogen-bond donors (Lipinski definition) is 1. The number of hydrogen-bond acceptors (Lipinski definition) is 2. The van der Waals surface area contributed by atoms with Crippen molar-refractivity contribution in [3.05, 3.63) is 70.8 Å². The maximum absolute atomic E-state index is 5.76. The van der Waals surface area contributed by atoms with E-state index in [1.807, 2.05) is 6.07 Å². The van der Waals surface area contributed by atoms with Crippen molar-refractivity contribution in [1.29, 1.82) is 0 Å². The third kappa shape index (κ3) is 4.48. The summed E-state index contributed by atoms with van der Waals surface area (Å²) in [4.78, 5) is 0. The van der Waals surface area contributed by atoms with Crippen molar-refractivity contribution >= 4 is 0 Å². The molecule has 0 aliphatic heterocycles. The molecule has 0 amide bonds. The summed E-state index contributed by atoms with van der Waals surface area (Å²) in [6.45, 7) is 4.19. The van der Waals surface area contributed by atoms with E-state index in [0.29, 0.717) is 13.2 Å². The number of aryl methyl sites for hydroxylation is 2. The van der Waals surface area contributed by atoms with E-state index < -0.39 is 0 Å². The molecule has 0 bridgehead atoms. The lowest BCUT2D eigenvalue weighted by atomic mass is 10.1. The third-order valence-electron chi connectivity index (χ3n) is 3.50. The highest BCUT2D eigenvalue weighted by atomic mass is 16.5. The van der Waals surface area contributed by atoms with Crippen LogP contribution in [-0.2, 0) is 24.3 Å². The lowest BCUT2D eigenvalue weighted by Gasteiger charge is -2.09. The molecule has 0 atom stereocenters. The van der Waals surface area contributed by atoms with E-state index in [4.69, 9.17) is 10.5 Å². The quantitative estimate of drug-likeness (QED) is 0.779. The molecule has 2 rings (SSSR count). The summed E-state index contributed by atoms with van der Waals surface area (Å²) in [7, 11) is 0. The second-order valence-corrected chi connectivity index (χ2v) is 5.11. The smallest absolute Gasteiger partial charge is 0.0719 e. The molecule has 0 spiro atoms. The molecular weight excluding hydrogens is 246 g/mol. The van der Waals surface area contributed by atoms with Crippen LogP contribution in [0.25, 0.3) is 0 Å². The topological polar surface area (TPSA) is 35.2 Å². The first-order valence-electron chi connectivity index (χ1n) is 7.19. The molecular formula is C18H23NO. The molecule has 106 valence electrons. The van der Waals surface area contributed by atoms with Gasteiger partial charge in [-0.2, -0.15) is 0 Å². The lowest BCUT2D eigenvalue weighted by molar-refractivity contribution is 0.118. The predicted octanol–water partition coefficient (Wildman–Crippen LogP) is 3.60. The van der Waals surface area contributed by atoms with Gasteiger partial charge in [-0.1, -0.05) is 48.5 Å². The van der Waals surface area contributed by atoms with Gasteiger partial charge in [0.15, 0.2) is 0 Å². The molecule has 0 heterocycles. The van der Waals surface area contributed by atoms with Gasteiger partial charge in [-0.05, 0) is 42.0 Å². The van der Waals surface area contributed by atoms with Crippen LogP contribution in [0.15, 0.2) is 48.5 Å². The Balaban J connectivity index is 1.71. The molecule has 2 heteroatoms. The van der Waals surface area contributed by atoms with E-state index >= 15 is 0 Å². The summed E-state index contributed by atoms with van der Waals surface area (Å²) >= 11 is 0. The Morgan fingerprint density at radius 2 is 1.80 bits per heavy atom. The number of ether oxygens (including phenoxy) is 1. The molecule has 2 aromatic rings. The summed E-state index contributed by atoms with van der Waals surface area (Å²) in [6, 6.07) is 16.9. The van der Waals surface area contributed by atoms with Gasteiger partial charge in [0, 0.05) is 13.2 Å². The zero-order valence-corrected chi connectivity index (χ0v) is 12.1. The van der Waals surface area contributed by atoms with Gasteiger partial charge in [0.25, 0.3) is 0 Å². The Labute approximate surface area is 121 Å². The highest BCUT2D eigenvalue weighted by Crippen LogP contribution is 2.12. The molecule has 0 saturated carbocycles. The molecule has 0 radical (unpaired) electrons. The molecule has 0 unspecified atom stereocenters. The van der Waals surface area contributed by atoms with Gasteiger partial charge < -0.3 is 10.5 Å². The predicted molar refractivity (Wildman–Crippen MR) is 83.5 cm³/mol. The van der Waals surface area contributed by atoms with Crippen molar-refractivity contribution in [3.63, 3.8) is 0 Å². The second kappa shape index (κ2) is 7.83. The average Bonchev–Trinajstić information content (AvgIpc) is 2.49. The van der Waals surface area contributed by atoms with Crippen LogP contribution in [0.2, 0.25) is 0 Å². The monoisotopic (exact) mass is 269 g/mol. The van der Waals surface area contributed by atoms with Gasteiger partial charge >= 0.3 is 0 Å². The van der Waals surface area contributed by atoms with Gasteiger partial charge in [-0.3, -0.25) is 0 Å². The minimum atomic E-state index is 0.596. The zero-order chi connectivity index (χ0) is 14.2. The lowest BCUT2D eigenvalue weighted by Crippen LogP contribution is -2.01. The highest BCUT2D eigenvalue weighted by molar-refractivity contribution is 5.30. The molecule has 0 aliphatic carbocycles. The van der Waals surface area contributed by atoms with Crippen molar-refractivity contribution in [2.75, 3.05) is 6.61 Å². The minimum absolute atomic E-state index is 0.596. The van der Waals surface area contributed by atoms with E-state index in [9.17, 15) is 0 Å². The molecule has 0 aromatic heterocycles.